The van der Waals surface area contributed by atoms with Crippen LogP contribution < -0.4 is 5.32 Å². The molecule has 3 rings (SSSR count). The van der Waals surface area contributed by atoms with Crippen LogP contribution in [0.4, 0.5) is 0 Å². The number of benzene rings is 1. The van der Waals surface area contributed by atoms with Gasteiger partial charge < -0.3 is 10.2 Å². The molecule has 1 N–H and O–H groups in total. The van der Waals surface area contributed by atoms with Crippen LogP contribution in [0.3, 0.4) is 0 Å². The maximum Gasteiger partial charge on any atom is 0.223 e. The van der Waals surface area contributed by atoms with E-state index in [1.54, 1.807) is 6.20 Å². The maximum absolute atomic E-state index is 13.0. The molecule has 1 saturated heterocycles. The Bertz CT molecular complexity index is 712. The van der Waals surface area contributed by atoms with Gasteiger partial charge in [-0.15, -0.1) is 0 Å². The van der Waals surface area contributed by atoms with E-state index in [0.717, 1.165) is 25.2 Å². The molecule has 1 aliphatic rings. The van der Waals surface area contributed by atoms with E-state index in [4.69, 9.17) is 0 Å². The molecule has 4 nitrogen and oxygen atoms in total. The minimum absolute atomic E-state index is 0.0699. The molecule has 0 bridgehead atoms. The number of pyridine rings is 1. The summed E-state index contributed by atoms with van der Waals surface area (Å²) < 4.78 is 0. The highest BCUT2D eigenvalue weighted by molar-refractivity contribution is 5.77. The molecule has 0 radical (unpaired) electrons. The smallest absolute Gasteiger partial charge is 0.223 e. The van der Waals surface area contributed by atoms with E-state index in [-0.39, 0.29) is 17.9 Å². The summed E-state index contributed by atoms with van der Waals surface area (Å²) in [6.07, 6.45) is 4.18. The molecular formula is C22H29N3O. The number of amides is 1. The van der Waals surface area contributed by atoms with Crippen molar-refractivity contribution in [3.05, 3.63) is 65.5 Å². The van der Waals surface area contributed by atoms with E-state index in [1.165, 1.54) is 11.1 Å². The standard InChI is InChI=1S/C22H29N3O/c1-16(2)18-6-8-19(9-7-18)17(3)13-22(26)25-12-11-24-15-21(25)20-5-4-10-23-14-20/h4-10,14,16-17,21,24H,11-13,15H2,1-3H3. The second kappa shape index (κ2) is 8.45. The first-order valence-corrected chi connectivity index (χ1v) is 9.56. The third-order valence-corrected chi connectivity index (χ3v) is 5.29. The molecule has 1 fully saturated rings. The van der Waals surface area contributed by atoms with Crippen LogP contribution >= 0.6 is 0 Å². The molecule has 0 spiro atoms. The Morgan fingerprint density at radius 3 is 2.58 bits per heavy atom. The number of hydrogen-bond donors (Lipinski definition) is 1. The molecule has 2 atom stereocenters. The van der Waals surface area contributed by atoms with Gasteiger partial charge >= 0.3 is 0 Å². The van der Waals surface area contributed by atoms with Crippen LogP contribution in [0.1, 0.15) is 61.8 Å². The summed E-state index contributed by atoms with van der Waals surface area (Å²) in [7, 11) is 0. The van der Waals surface area contributed by atoms with Gasteiger partial charge in [-0.05, 0) is 34.6 Å². The fraction of sp³-hybridized carbons (Fsp3) is 0.455. The molecule has 1 aliphatic heterocycles. The summed E-state index contributed by atoms with van der Waals surface area (Å²) in [4.78, 5) is 19.3. The number of rotatable bonds is 5. The molecule has 4 heteroatoms. The van der Waals surface area contributed by atoms with Crippen LogP contribution in [-0.2, 0) is 4.79 Å². The Morgan fingerprint density at radius 2 is 1.92 bits per heavy atom. The third-order valence-electron chi connectivity index (χ3n) is 5.29. The lowest BCUT2D eigenvalue weighted by atomic mass is 9.93. The lowest BCUT2D eigenvalue weighted by molar-refractivity contribution is -0.134. The largest absolute Gasteiger partial charge is 0.333 e. The first-order chi connectivity index (χ1) is 12.6. The van der Waals surface area contributed by atoms with Crippen molar-refractivity contribution in [2.45, 2.75) is 45.1 Å². The van der Waals surface area contributed by atoms with Gasteiger partial charge in [0.2, 0.25) is 5.91 Å². The molecule has 0 saturated carbocycles. The van der Waals surface area contributed by atoms with E-state index in [9.17, 15) is 4.79 Å². The molecule has 2 unspecified atom stereocenters. The van der Waals surface area contributed by atoms with Crippen molar-refractivity contribution in [2.24, 2.45) is 0 Å². The molecule has 26 heavy (non-hydrogen) atoms. The van der Waals surface area contributed by atoms with Crippen molar-refractivity contribution in [3.8, 4) is 0 Å². The van der Waals surface area contributed by atoms with Crippen LogP contribution in [0.2, 0.25) is 0 Å². The topological polar surface area (TPSA) is 45.2 Å². The van der Waals surface area contributed by atoms with Gasteiger partial charge in [0.15, 0.2) is 0 Å². The van der Waals surface area contributed by atoms with E-state index in [2.05, 4.69) is 61.4 Å². The monoisotopic (exact) mass is 351 g/mol. The number of piperazine rings is 1. The van der Waals surface area contributed by atoms with Gasteiger partial charge in [-0.3, -0.25) is 9.78 Å². The first-order valence-electron chi connectivity index (χ1n) is 9.56. The van der Waals surface area contributed by atoms with Crippen molar-refractivity contribution in [3.63, 3.8) is 0 Å². The molecular weight excluding hydrogens is 322 g/mol. The van der Waals surface area contributed by atoms with Gasteiger partial charge in [0.05, 0.1) is 6.04 Å². The number of carbonyl (C=O) groups excluding carboxylic acids is 1. The van der Waals surface area contributed by atoms with Crippen molar-refractivity contribution < 1.29 is 4.79 Å². The number of carbonyl (C=O) groups is 1. The Morgan fingerprint density at radius 1 is 1.19 bits per heavy atom. The Labute approximate surface area is 156 Å². The molecule has 1 amide bonds. The quantitative estimate of drug-likeness (QED) is 0.889. The van der Waals surface area contributed by atoms with E-state index in [0.29, 0.717) is 12.3 Å². The van der Waals surface area contributed by atoms with Gasteiger partial charge in [0, 0.05) is 38.4 Å². The molecule has 0 aliphatic carbocycles. The van der Waals surface area contributed by atoms with Crippen molar-refractivity contribution >= 4 is 5.91 Å². The normalized spacial score (nSPS) is 18.8. The number of nitrogens with one attached hydrogen (secondary N) is 1. The van der Waals surface area contributed by atoms with E-state index < -0.39 is 0 Å². The van der Waals surface area contributed by atoms with Crippen molar-refractivity contribution in [2.75, 3.05) is 19.6 Å². The SMILES string of the molecule is CC(C)c1ccc(C(C)CC(=O)N2CCNCC2c2cccnc2)cc1. The lowest BCUT2D eigenvalue weighted by Crippen LogP contribution is -2.48. The lowest BCUT2D eigenvalue weighted by Gasteiger charge is -2.37. The fourth-order valence-electron chi connectivity index (χ4n) is 3.58. The number of aromatic nitrogens is 1. The highest BCUT2D eigenvalue weighted by Gasteiger charge is 2.28. The molecule has 138 valence electrons. The van der Waals surface area contributed by atoms with Crippen molar-refractivity contribution in [1.29, 1.82) is 0 Å². The Hall–Kier alpha value is -2.20. The number of nitrogens with zero attached hydrogens (tertiary/aromatic N) is 2. The molecule has 1 aromatic heterocycles. The van der Waals surface area contributed by atoms with Gasteiger partial charge in [-0.2, -0.15) is 0 Å². The van der Waals surface area contributed by atoms with Crippen LogP contribution in [0, 0.1) is 0 Å². The molecule has 1 aromatic carbocycles. The van der Waals surface area contributed by atoms with Crippen molar-refractivity contribution in [1.82, 2.24) is 15.2 Å². The summed E-state index contributed by atoms with van der Waals surface area (Å²) in [6.45, 7) is 8.92. The second-order valence-corrected chi connectivity index (χ2v) is 7.52. The maximum atomic E-state index is 13.0. The summed E-state index contributed by atoms with van der Waals surface area (Å²) in [5.41, 5.74) is 3.67. The highest BCUT2D eigenvalue weighted by Crippen LogP contribution is 2.27. The summed E-state index contributed by atoms with van der Waals surface area (Å²) >= 11 is 0. The van der Waals surface area contributed by atoms with Gasteiger partial charge in [0.25, 0.3) is 0 Å². The molecule has 2 aromatic rings. The Balaban J connectivity index is 1.69. The predicted molar refractivity (Wildman–Crippen MR) is 105 cm³/mol. The summed E-state index contributed by atoms with van der Waals surface area (Å²) in [5.74, 6) is 0.969. The van der Waals surface area contributed by atoms with E-state index in [1.807, 2.05) is 17.2 Å². The van der Waals surface area contributed by atoms with Gasteiger partial charge in [0.1, 0.15) is 0 Å². The minimum Gasteiger partial charge on any atom is -0.333 e. The van der Waals surface area contributed by atoms with Crippen LogP contribution in [0.5, 0.6) is 0 Å². The van der Waals surface area contributed by atoms with Gasteiger partial charge in [-0.25, -0.2) is 0 Å². The van der Waals surface area contributed by atoms with Crippen LogP contribution in [-0.4, -0.2) is 35.4 Å². The third kappa shape index (κ3) is 4.31. The zero-order valence-electron chi connectivity index (χ0n) is 16.0. The fourth-order valence-corrected chi connectivity index (χ4v) is 3.58. The first kappa shape index (κ1) is 18.6. The van der Waals surface area contributed by atoms with Crippen LogP contribution in [0.25, 0.3) is 0 Å². The summed E-state index contributed by atoms with van der Waals surface area (Å²) in [5, 5.41) is 3.40. The van der Waals surface area contributed by atoms with E-state index >= 15 is 0 Å². The zero-order valence-corrected chi connectivity index (χ0v) is 16.0. The minimum atomic E-state index is 0.0699. The average Bonchev–Trinajstić information content (AvgIpc) is 2.68. The predicted octanol–water partition coefficient (Wildman–Crippen LogP) is 3.87. The average molecular weight is 351 g/mol. The highest BCUT2D eigenvalue weighted by atomic mass is 16.2. The summed E-state index contributed by atoms with van der Waals surface area (Å²) in [6, 6.07) is 12.8. The zero-order chi connectivity index (χ0) is 18.5. The number of hydrogen-bond acceptors (Lipinski definition) is 3. The Kier molecular flexibility index (Phi) is 6.04. The van der Waals surface area contributed by atoms with Crippen LogP contribution in [0.15, 0.2) is 48.8 Å². The molecule has 2 heterocycles. The second-order valence-electron chi connectivity index (χ2n) is 7.52. The van der Waals surface area contributed by atoms with Gasteiger partial charge in [-0.1, -0.05) is 51.1 Å².